The van der Waals surface area contributed by atoms with E-state index in [-0.39, 0.29) is 0 Å². The zero-order chi connectivity index (χ0) is 12.5. The predicted octanol–water partition coefficient (Wildman–Crippen LogP) is 3.27. The Kier molecular flexibility index (Phi) is 3.18. The van der Waals surface area contributed by atoms with Gasteiger partial charge in [-0.1, -0.05) is 26.3 Å². The summed E-state index contributed by atoms with van der Waals surface area (Å²) in [4.78, 5) is 0. The summed E-state index contributed by atoms with van der Waals surface area (Å²) in [6.45, 7) is 4.63. The number of benzene rings is 1. The number of methoxy groups -OCH3 is 1. The number of nitrogens with two attached hydrogens (primary N) is 1. The molecule has 0 aromatic heterocycles. The molecule has 1 aliphatic carbocycles. The van der Waals surface area contributed by atoms with Crippen LogP contribution in [0.4, 0.5) is 11.4 Å². The molecule has 1 unspecified atom stereocenters. The van der Waals surface area contributed by atoms with Crippen molar-refractivity contribution in [2.24, 2.45) is 5.41 Å². The van der Waals surface area contributed by atoms with Gasteiger partial charge in [0.2, 0.25) is 0 Å². The second-order valence-corrected chi connectivity index (χ2v) is 5.50. The number of rotatable bonds is 3. The van der Waals surface area contributed by atoms with E-state index >= 15 is 0 Å². The van der Waals surface area contributed by atoms with Gasteiger partial charge in [0.1, 0.15) is 5.75 Å². The topological polar surface area (TPSA) is 47.3 Å². The monoisotopic (exact) mass is 234 g/mol. The minimum absolute atomic E-state index is 0.343. The number of hydrogen-bond donors (Lipinski definition) is 2. The summed E-state index contributed by atoms with van der Waals surface area (Å²) in [5.74, 6) is 0.741. The van der Waals surface area contributed by atoms with E-state index in [4.69, 9.17) is 10.5 Å². The highest BCUT2D eigenvalue weighted by atomic mass is 16.5. The molecule has 2 rings (SSSR count). The number of ether oxygens (including phenoxy) is 1. The first-order valence-electron chi connectivity index (χ1n) is 6.23. The first-order chi connectivity index (χ1) is 8.04. The molecule has 94 valence electrons. The highest BCUT2D eigenvalue weighted by Gasteiger charge is 2.34. The molecule has 1 fully saturated rings. The fourth-order valence-corrected chi connectivity index (χ4v) is 2.63. The highest BCUT2D eigenvalue weighted by Crippen LogP contribution is 2.40. The second kappa shape index (κ2) is 4.47. The Morgan fingerprint density at radius 3 is 2.76 bits per heavy atom. The van der Waals surface area contributed by atoms with Crippen LogP contribution in [0.1, 0.15) is 33.1 Å². The molecule has 0 saturated heterocycles. The van der Waals surface area contributed by atoms with Gasteiger partial charge in [0, 0.05) is 6.04 Å². The van der Waals surface area contributed by atoms with Crippen molar-refractivity contribution in [3.05, 3.63) is 18.2 Å². The lowest BCUT2D eigenvalue weighted by molar-refractivity contribution is 0.350. The molecule has 0 heterocycles. The lowest BCUT2D eigenvalue weighted by atomic mass is 9.87. The van der Waals surface area contributed by atoms with E-state index in [2.05, 4.69) is 19.2 Å². The lowest BCUT2D eigenvalue weighted by Crippen LogP contribution is -2.31. The Balaban J connectivity index is 2.19. The number of hydrogen-bond acceptors (Lipinski definition) is 3. The lowest BCUT2D eigenvalue weighted by Gasteiger charge is -2.29. The van der Waals surface area contributed by atoms with Crippen LogP contribution in [-0.2, 0) is 0 Å². The third kappa shape index (κ3) is 2.33. The van der Waals surface area contributed by atoms with Crippen molar-refractivity contribution < 1.29 is 4.74 Å². The van der Waals surface area contributed by atoms with E-state index in [1.165, 1.54) is 19.3 Å². The van der Waals surface area contributed by atoms with Gasteiger partial charge in [-0.15, -0.1) is 0 Å². The van der Waals surface area contributed by atoms with Crippen molar-refractivity contribution in [3.8, 4) is 5.75 Å². The minimum Gasteiger partial charge on any atom is -0.495 e. The number of nitrogen functional groups attached to an aromatic ring is 1. The Morgan fingerprint density at radius 1 is 1.41 bits per heavy atom. The molecule has 1 aliphatic rings. The van der Waals surface area contributed by atoms with Crippen molar-refractivity contribution >= 4 is 11.4 Å². The van der Waals surface area contributed by atoms with Crippen LogP contribution in [0.25, 0.3) is 0 Å². The van der Waals surface area contributed by atoms with Crippen molar-refractivity contribution in [1.82, 2.24) is 0 Å². The molecule has 0 aliphatic heterocycles. The van der Waals surface area contributed by atoms with Gasteiger partial charge in [-0.25, -0.2) is 0 Å². The molecule has 1 saturated carbocycles. The van der Waals surface area contributed by atoms with Gasteiger partial charge in [-0.2, -0.15) is 0 Å². The Hall–Kier alpha value is -1.38. The van der Waals surface area contributed by atoms with Gasteiger partial charge in [-0.05, 0) is 30.4 Å². The Labute approximate surface area is 103 Å². The SMILES string of the molecule is COc1cccc(NC2CCCC2(C)C)c1N. The number of nitrogens with one attached hydrogen (secondary N) is 1. The molecule has 3 heteroatoms. The van der Waals surface area contributed by atoms with Crippen molar-refractivity contribution in [2.45, 2.75) is 39.2 Å². The first-order valence-corrected chi connectivity index (χ1v) is 6.23. The second-order valence-electron chi connectivity index (χ2n) is 5.50. The largest absolute Gasteiger partial charge is 0.495 e. The summed E-state index contributed by atoms with van der Waals surface area (Å²) >= 11 is 0. The van der Waals surface area contributed by atoms with Crippen LogP contribution in [0.5, 0.6) is 5.75 Å². The molecule has 1 aromatic rings. The average molecular weight is 234 g/mol. The summed E-state index contributed by atoms with van der Waals surface area (Å²) in [5, 5.41) is 3.57. The molecular formula is C14H22N2O. The van der Waals surface area contributed by atoms with E-state index in [1.54, 1.807) is 7.11 Å². The van der Waals surface area contributed by atoms with Gasteiger partial charge in [0.25, 0.3) is 0 Å². The fourth-order valence-electron chi connectivity index (χ4n) is 2.63. The standard InChI is InChI=1S/C14H22N2O/c1-14(2)9-5-8-12(14)16-10-6-4-7-11(17-3)13(10)15/h4,6-7,12,16H,5,8-9,15H2,1-3H3. The summed E-state index contributed by atoms with van der Waals surface area (Å²) in [6.07, 6.45) is 3.77. The number of para-hydroxylation sites is 1. The van der Waals surface area contributed by atoms with Crippen molar-refractivity contribution in [2.75, 3.05) is 18.2 Å². The van der Waals surface area contributed by atoms with E-state index < -0.39 is 0 Å². The summed E-state index contributed by atoms with van der Waals surface area (Å²) in [6, 6.07) is 6.38. The smallest absolute Gasteiger partial charge is 0.143 e. The van der Waals surface area contributed by atoms with Gasteiger partial charge < -0.3 is 15.8 Å². The van der Waals surface area contributed by atoms with Gasteiger partial charge in [0.05, 0.1) is 18.5 Å². The molecule has 0 bridgehead atoms. The molecule has 1 aromatic carbocycles. The maximum Gasteiger partial charge on any atom is 0.143 e. The van der Waals surface area contributed by atoms with E-state index in [0.717, 1.165) is 11.4 Å². The van der Waals surface area contributed by atoms with E-state index in [9.17, 15) is 0 Å². The Morgan fingerprint density at radius 2 is 2.18 bits per heavy atom. The third-order valence-corrected chi connectivity index (χ3v) is 3.87. The van der Waals surface area contributed by atoms with Crippen molar-refractivity contribution in [3.63, 3.8) is 0 Å². The van der Waals surface area contributed by atoms with Crippen LogP contribution in [-0.4, -0.2) is 13.2 Å². The molecule has 0 spiro atoms. The first kappa shape index (κ1) is 12.1. The van der Waals surface area contributed by atoms with Crippen LogP contribution < -0.4 is 15.8 Å². The molecule has 17 heavy (non-hydrogen) atoms. The maximum atomic E-state index is 6.07. The molecule has 1 atom stereocenters. The predicted molar refractivity (Wildman–Crippen MR) is 72.4 cm³/mol. The van der Waals surface area contributed by atoms with Crippen LogP contribution >= 0.6 is 0 Å². The van der Waals surface area contributed by atoms with E-state index in [0.29, 0.717) is 17.1 Å². The molecule has 0 radical (unpaired) electrons. The van der Waals surface area contributed by atoms with Crippen LogP contribution in [0.2, 0.25) is 0 Å². The summed E-state index contributed by atoms with van der Waals surface area (Å²) in [5.41, 5.74) is 8.11. The van der Waals surface area contributed by atoms with Gasteiger partial charge in [-0.3, -0.25) is 0 Å². The zero-order valence-electron chi connectivity index (χ0n) is 10.9. The van der Waals surface area contributed by atoms with Crippen molar-refractivity contribution in [1.29, 1.82) is 0 Å². The highest BCUT2D eigenvalue weighted by molar-refractivity contribution is 5.73. The maximum absolute atomic E-state index is 6.07. The molecule has 3 nitrogen and oxygen atoms in total. The summed E-state index contributed by atoms with van der Waals surface area (Å²) < 4.78 is 5.24. The van der Waals surface area contributed by atoms with Crippen LogP contribution in [0, 0.1) is 5.41 Å². The van der Waals surface area contributed by atoms with E-state index in [1.807, 2.05) is 18.2 Å². The minimum atomic E-state index is 0.343. The zero-order valence-corrected chi connectivity index (χ0v) is 10.9. The van der Waals surface area contributed by atoms with Crippen LogP contribution in [0.3, 0.4) is 0 Å². The third-order valence-electron chi connectivity index (χ3n) is 3.87. The Bertz CT molecular complexity index is 401. The number of anilines is 2. The molecular weight excluding hydrogens is 212 g/mol. The van der Waals surface area contributed by atoms with Gasteiger partial charge >= 0.3 is 0 Å². The average Bonchev–Trinajstić information content (AvgIpc) is 2.61. The normalized spacial score (nSPS) is 22.4. The fraction of sp³-hybridized carbons (Fsp3) is 0.571. The molecule has 3 N–H and O–H groups in total. The van der Waals surface area contributed by atoms with Crippen LogP contribution in [0.15, 0.2) is 18.2 Å². The molecule has 0 amide bonds. The summed E-state index contributed by atoms with van der Waals surface area (Å²) in [7, 11) is 1.65. The van der Waals surface area contributed by atoms with Gasteiger partial charge in [0.15, 0.2) is 0 Å². The quantitative estimate of drug-likeness (QED) is 0.789.